The number of fused-ring (bicyclic) bond motifs is 1. The first-order valence-electron chi connectivity index (χ1n) is 7.34. The van der Waals surface area contributed by atoms with Crippen molar-refractivity contribution in [2.24, 2.45) is 0 Å². The van der Waals surface area contributed by atoms with E-state index in [0.717, 1.165) is 18.7 Å². The lowest BCUT2D eigenvalue weighted by Gasteiger charge is -2.24. The molecule has 3 heteroatoms. The predicted molar refractivity (Wildman–Crippen MR) is 80.8 cm³/mol. The molecule has 1 unspecified atom stereocenters. The molecule has 1 atom stereocenters. The van der Waals surface area contributed by atoms with Crippen molar-refractivity contribution in [1.82, 2.24) is 15.3 Å². The average Bonchev–Trinajstić information content (AvgIpc) is 2.49. The van der Waals surface area contributed by atoms with E-state index in [2.05, 4.69) is 41.5 Å². The van der Waals surface area contributed by atoms with Crippen LogP contribution in [0.4, 0.5) is 0 Å². The minimum absolute atomic E-state index is 0.422. The first kappa shape index (κ1) is 13.3. The Balaban J connectivity index is 1.87. The van der Waals surface area contributed by atoms with E-state index < -0.39 is 0 Å². The van der Waals surface area contributed by atoms with Gasteiger partial charge in [-0.05, 0) is 44.4 Å². The van der Waals surface area contributed by atoms with Crippen molar-refractivity contribution in [3.63, 3.8) is 0 Å². The van der Waals surface area contributed by atoms with E-state index in [1.54, 1.807) is 0 Å². The number of nitrogens with zero attached hydrogens (tertiary/aromatic N) is 2. The van der Waals surface area contributed by atoms with Gasteiger partial charge in [0.2, 0.25) is 0 Å². The molecule has 0 radical (unpaired) electrons. The van der Waals surface area contributed by atoms with E-state index in [1.807, 2.05) is 13.2 Å². The fourth-order valence-electron chi connectivity index (χ4n) is 2.95. The maximum absolute atomic E-state index is 4.80. The third kappa shape index (κ3) is 2.59. The summed E-state index contributed by atoms with van der Waals surface area (Å²) in [5, 5.41) is 3.36. The monoisotopic (exact) mass is 267 g/mol. The van der Waals surface area contributed by atoms with Gasteiger partial charge >= 0.3 is 0 Å². The van der Waals surface area contributed by atoms with Gasteiger partial charge in [0.25, 0.3) is 0 Å². The van der Waals surface area contributed by atoms with E-state index in [9.17, 15) is 0 Å². The van der Waals surface area contributed by atoms with Gasteiger partial charge < -0.3 is 5.32 Å². The molecule has 0 saturated heterocycles. The van der Waals surface area contributed by atoms with Gasteiger partial charge in [-0.25, -0.2) is 9.97 Å². The first-order valence-corrected chi connectivity index (χ1v) is 7.34. The third-order valence-electron chi connectivity index (χ3n) is 4.19. The fourth-order valence-corrected chi connectivity index (χ4v) is 2.95. The number of nitrogens with one attached hydrogen (secondary N) is 1. The lowest BCUT2D eigenvalue weighted by atomic mass is 9.92. The molecule has 1 aromatic heterocycles. The molecule has 2 aromatic rings. The Labute approximate surface area is 120 Å². The van der Waals surface area contributed by atoms with Crippen LogP contribution in [-0.2, 0) is 12.8 Å². The summed E-state index contributed by atoms with van der Waals surface area (Å²) in [6, 6.07) is 8.88. The number of hydrogen-bond acceptors (Lipinski definition) is 3. The number of aromatic nitrogens is 2. The largest absolute Gasteiger partial charge is 0.313 e. The Kier molecular flexibility index (Phi) is 3.79. The van der Waals surface area contributed by atoms with Gasteiger partial charge in [0.15, 0.2) is 0 Å². The lowest BCUT2D eigenvalue weighted by molar-refractivity contribution is 0.485. The van der Waals surface area contributed by atoms with Gasteiger partial charge in [0.05, 0.1) is 0 Å². The lowest BCUT2D eigenvalue weighted by Crippen LogP contribution is -2.23. The number of rotatable bonds is 3. The van der Waals surface area contributed by atoms with Gasteiger partial charge in [-0.15, -0.1) is 0 Å². The summed E-state index contributed by atoms with van der Waals surface area (Å²) < 4.78 is 0. The van der Waals surface area contributed by atoms with Crippen LogP contribution in [0.2, 0.25) is 0 Å². The summed E-state index contributed by atoms with van der Waals surface area (Å²) in [6.07, 6.45) is 6.32. The molecular formula is C17H21N3. The zero-order chi connectivity index (χ0) is 13.9. The third-order valence-corrected chi connectivity index (χ3v) is 4.19. The Morgan fingerprint density at radius 3 is 2.95 bits per heavy atom. The average molecular weight is 267 g/mol. The fraction of sp³-hybridized carbons (Fsp3) is 0.412. The summed E-state index contributed by atoms with van der Waals surface area (Å²) in [5.74, 6) is 0.940. The molecule has 0 aliphatic heterocycles. The summed E-state index contributed by atoms with van der Waals surface area (Å²) in [6.45, 7) is 2.14. The van der Waals surface area contributed by atoms with Crippen molar-refractivity contribution in [3.8, 4) is 0 Å². The van der Waals surface area contributed by atoms with Crippen LogP contribution in [0.3, 0.4) is 0 Å². The van der Waals surface area contributed by atoms with Crippen LogP contribution in [0.5, 0.6) is 0 Å². The topological polar surface area (TPSA) is 37.8 Å². The Morgan fingerprint density at radius 2 is 2.15 bits per heavy atom. The molecule has 104 valence electrons. The standard InChI is InChI=1S/C17H21N3/c1-12-6-3-4-7-13(12)10-17-19-11-14-15(18-2)8-5-9-16(14)20-17/h3-4,6-7,11,15,18H,5,8-10H2,1-2H3. The van der Waals surface area contributed by atoms with Crippen molar-refractivity contribution in [2.45, 2.75) is 38.6 Å². The molecule has 1 aromatic carbocycles. The maximum Gasteiger partial charge on any atom is 0.132 e. The highest BCUT2D eigenvalue weighted by Crippen LogP contribution is 2.27. The molecule has 1 heterocycles. The Hall–Kier alpha value is -1.74. The van der Waals surface area contributed by atoms with Gasteiger partial charge in [-0.3, -0.25) is 0 Å². The molecule has 20 heavy (non-hydrogen) atoms. The summed E-state index contributed by atoms with van der Waals surface area (Å²) in [7, 11) is 2.01. The van der Waals surface area contributed by atoms with Crippen LogP contribution in [0.15, 0.2) is 30.5 Å². The molecule has 1 aliphatic rings. The molecule has 0 bridgehead atoms. The molecule has 0 saturated carbocycles. The zero-order valence-electron chi connectivity index (χ0n) is 12.2. The normalized spacial score (nSPS) is 17.8. The first-order chi connectivity index (χ1) is 9.78. The smallest absolute Gasteiger partial charge is 0.132 e. The predicted octanol–water partition coefficient (Wildman–Crippen LogP) is 2.97. The Bertz CT molecular complexity index is 607. The second kappa shape index (κ2) is 5.71. The van der Waals surface area contributed by atoms with Crippen LogP contribution >= 0.6 is 0 Å². The van der Waals surface area contributed by atoms with Crippen LogP contribution in [-0.4, -0.2) is 17.0 Å². The number of aryl methyl sites for hydroxylation is 2. The molecule has 1 aliphatic carbocycles. The van der Waals surface area contributed by atoms with Crippen molar-refractivity contribution in [2.75, 3.05) is 7.05 Å². The highest BCUT2D eigenvalue weighted by Gasteiger charge is 2.20. The van der Waals surface area contributed by atoms with E-state index in [1.165, 1.54) is 35.2 Å². The molecule has 3 nitrogen and oxygen atoms in total. The molecule has 0 spiro atoms. The molecule has 1 N–H and O–H groups in total. The van der Waals surface area contributed by atoms with Crippen molar-refractivity contribution in [3.05, 3.63) is 58.7 Å². The molecular weight excluding hydrogens is 246 g/mol. The second-order valence-electron chi connectivity index (χ2n) is 5.53. The molecule has 0 amide bonds. The molecule has 0 fully saturated rings. The van der Waals surface area contributed by atoms with Crippen LogP contribution in [0, 0.1) is 6.92 Å². The SMILES string of the molecule is CNC1CCCc2nc(Cc3ccccc3C)ncc21. The van der Waals surface area contributed by atoms with Crippen LogP contribution in [0.25, 0.3) is 0 Å². The van der Waals surface area contributed by atoms with Gasteiger partial charge in [0, 0.05) is 29.9 Å². The number of hydrogen-bond donors (Lipinski definition) is 1. The van der Waals surface area contributed by atoms with Crippen LogP contribution in [0.1, 0.15) is 47.1 Å². The van der Waals surface area contributed by atoms with Gasteiger partial charge in [-0.1, -0.05) is 24.3 Å². The summed E-state index contributed by atoms with van der Waals surface area (Å²) >= 11 is 0. The van der Waals surface area contributed by atoms with Crippen molar-refractivity contribution < 1.29 is 0 Å². The minimum atomic E-state index is 0.422. The van der Waals surface area contributed by atoms with E-state index in [-0.39, 0.29) is 0 Å². The summed E-state index contributed by atoms with van der Waals surface area (Å²) in [5.41, 5.74) is 5.14. The molecule has 3 rings (SSSR count). The Morgan fingerprint density at radius 1 is 1.30 bits per heavy atom. The zero-order valence-corrected chi connectivity index (χ0v) is 12.2. The number of benzene rings is 1. The van der Waals surface area contributed by atoms with Crippen LogP contribution < -0.4 is 5.32 Å². The maximum atomic E-state index is 4.80. The second-order valence-corrected chi connectivity index (χ2v) is 5.53. The van der Waals surface area contributed by atoms with Crippen molar-refractivity contribution >= 4 is 0 Å². The van der Waals surface area contributed by atoms with E-state index in [0.29, 0.717) is 6.04 Å². The minimum Gasteiger partial charge on any atom is -0.313 e. The van der Waals surface area contributed by atoms with Gasteiger partial charge in [0.1, 0.15) is 5.82 Å². The van der Waals surface area contributed by atoms with Crippen molar-refractivity contribution in [1.29, 1.82) is 0 Å². The quantitative estimate of drug-likeness (QED) is 0.929. The highest BCUT2D eigenvalue weighted by molar-refractivity contribution is 5.30. The van der Waals surface area contributed by atoms with Gasteiger partial charge in [-0.2, -0.15) is 0 Å². The highest BCUT2D eigenvalue weighted by atomic mass is 14.9. The van der Waals surface area contributed by atoms with E-state index in [4.69, 9.17) is 4.98 Å². The summed E-state index contributed by atoms with van der Waals surface area (Å²) in [4.78, 5) is 9.37. The van der Waals surface area contributed by atoms with E-state index >= 15 is 0 Å².